The van der Waals surface area contributed by atoms with Crippen LogP contribution in [0.25, 0.3) is 16.0 Å². The minimum atomic E-state index is -1.21. The molecule has 0 saturated carbocycles. The van der Waals surface area contributed by atoms with Gasteiger partial charge in [0.1, 0.15) is 11.6 Å². The molecule has 0 amide bonds. The normalized spacial score (nSPS) is 9.56. The number of rotatable bonds is 1. The quantitative estimate of drug-likeness (QED) is 0.566. The van der Waals surface area contributed by atoms with Crippen LogP contribution in [0.2, 0.25) is 0 Å². The molecular formula is C13H5F2N3. The van der Waals surface area contributed by atoms with E-state index in [1.54, 1.807) is 36.4 Å². The number of benzene rings is 1. The van der Waals surface area contributed by atoms with Gasteiger partial charge in [-0.3, -0.25) is 0 Å². The summed E-state index contributed by atoms with van der Waals surface area (Å²) >= 11 is 0. The highest BCUT2D eigenvalue weighted by Crippen LogP contribution is 2.35. The molecule has 0 aliphatic carbocycles. The first-order valence-corrected chi connectivity index (χ1v) is 4.91. The molecule has 0 spiro atoms. The predicted octanol–water partition coefficient (Wildman–Crippen LogP) is 3.45. The number of hydrogen-bond donors (Lipinski definition) is 0. The van der Waals surface area contributed by atoms with Crippen LogP contribution in [-0.4, -0.2) is 4.98 Å². The van der Waals surface area contributed by atoms with E-state index in [-0.39, 0.29) is 5.56 Å². The minimum Gasteiger partial charge on any atom is -0.233 e. The molecule has 5 heteroatoms. The largest absolute Gasteiger partial charge is 0.249 e. The summed E-state index contributed by atoms with van der Waals surface area (Å²) < 4.78 is 26.9. The second-order valence-electron chi connectivity index (χ2n) is 3.38. The van der Waals surface area contributed by atoms with Gasteiger partial charge in [0.05, 0.1) is 6.57 Å². The van der Waals surface area contributed by atoms with Crippen molar-refractivity contribution in [2.45, 2.75) is 0 Å². The first kappa shape index (κ1) is 11.7. The van der Waals surface area contributed by atoms with Gasteiger partial charge in [-0.15, -0.1) is 0 Å². The van der Waals surface area contributed by atoms with E-state index in [4.69, 9.17) is 11.8 Å². The highest BCUT2D eigenvalue weighted by molar-refractivity contribution is 5.83. The number of pyridine rings is 1. The zero-order valence-electron chi connectivity index (χ0n) is 8.98. The molecule has 1 aromatic heterocycles. The van der Waals surface area contributed by atoms with Crippen molar-refractivity contribution in [2.24, 2.45) is 0 Å². The van der Waals surface area contributed by atoms with Crippen LogP contribution in [0, 0.1) is 29.8 Å². The molecule has 0 bridgehead atoms. The Bertz CT molecular complexity index is 644. The van der Waals surface area contributed by atoms with Crippen LogP contribution in [0.4, 0.5) is 14.5 Å². The summed E-state index contributed by atoms with van der Waals surface area (Å²) in [6.07, 6.45) is 0. The van der Waals surface area contributed by atoms with Crippen LogP contribution in [0.1, 0.15) is 5.56 Å². The smallest absolute Gasteiger partial charge is 0.233 e. The fraction of sp³-hybridized carbons (Fsp3) is 0. The Morgan fingerprint density at radius 3 is 2.39 bits per heavy atom. The predicted molar refractivity (Wildman–Crippen MR) is 60.6 cm³/mol. The molecule has 0 saturated heterocycles. The molecule has 0 radical (unpaired) electrons. The molecular weight excluding hydrogens is 236 g/mol. The summed E-state index contributed by atoms with van der Waals surface area (Å²) in [6.45, 7) is 6.93. The SMILES string of the molecule is [C-]#[N+]c1c(F)nc(F)c(C#N)c1-c1ccccc1. The van der Waals surface area contributed by atoms with Crippen molar-refractivity contribution in [2.75, 3.05) is 0 Å². The Morgan fingerprint density at radius 1 is 1.17 bits per heavy atom. The van der Waals surface area contributed by atoms with Gasteiger partial charge in [0.2, 0.25) is 17.6 Å². The number of hydrogen-bond acceptors (Lipinski definition) is 2. The van der Waals surface area contributed by atoms with Crippen LogP contribution in [0.3, 0.4) is 0 Å². The fourth-order valence-electron chi connectivity index (χ4n) is 1.61. The molecule has 0 unspecified atom stereocenters. The Morgan fingerprint density at radius 2 is 1.83 bits per heavy atom. The van der Waals surface area contributed by atoms with Crippen molar-refractivity contribution in [1.82, 2.24) is 4.98 Å². The lowest BCUT2D eigenvalue weighted by Crippen LogP contribution is -1.98. The van der Waals surface area contributed by atoms with Crippen molar-refractivity contribution in [3.63, 3.8) is 0 Å². The number of nitrogens with zero attached hydrogens (tertiary/aromatic N) is 3. The maximum atomic E-state index is 13.4. The molecule has 0 aliphatic heterocycles. The molecule has 2 rings (SSSR count). The van der Waals surface area contributed by atoms with Gasteiger partial charge in [0.15, 0.2) is 0 Å². The Labute approximate surface area is 102 Å². The Hall–Kier alpha value is -2.79. The summed E-state index contributed by atoms with van der Waals surface area (Å²) in [5, 5.41) is 8.92. The number of halogens is 2. The van der Waals surface area contributed by atoms with Crippen LogP contribution >= 0.6 is 0 Å². The van der Waals surface area contributed by atoms with Crippen LogP contribution in [0.15, 0.2) is 30.3 Å². The van der Waals surface area contributed by atoms with E-state index in [1.807, 2.05) is 0 Å². The monoisotopic (exact) mass is 241 g/mol. The first-order chi connectivity index (χ1) is 8.69. The summed E-state index contributed by atoms with van der Waals surface area (Å²) in [5.41, 5.74) is -0.522. The van der Waals surface area contributed by atoms with E-state index < -0.39 is 23.1 Å². The van der Waals surface area contributed by atoms with Crippen molar-refractivity contribution in [1.29, 1.82) is 5.26 Å². The zero-order valence-corrected chi connectivity index (χ0v) is 8.98. The lowest BCUT2D eigenvalue weighted by molar-refractivity contribution is 0.515. The lowest BCUT2D eigenvalue weighted by Gasteiger charge is -2.07. The second-order valence-corrected chi connectivity index (χ2v) is 3.38. The third kappa shape index (κ3) is 1.79. The van der Waals surface area contributed by atoms with Gasteiger partial charge in [-0.1, -0.05) is 30.3 Å². The fourth-order valence-corrected chi connectivity index (χ4v) is 1.61. The van der Waals surface area contributed by atoms with Crippen LogP contribution in [0.5, 0.6) is 0 Å². The van der Waals surface area contributed by atoms with E-state index >= 15 is 0 Å². The molecule has 0 atom stereocenters. The molecule has 18 heavy (non-hydrogen) atoms. The summed E-state index contributed by atoms with van der Waals surface area (Å²) in [5.74, 6) is -2.42. The van der Waals surface area contributed by atoms with Gasteiger partial charge >= 0.3 is 0 Å². The number of nitriles is 1. The second kappa shape index (κ2) is 4.60. The molecule has 0 fully saturated rings. The van der Waals surface area contributed by atoms with Crippen LogP contribution in [-0.2, 0) is 0 Å². The van der Waals surface area contributed by atoms with E-state index in [0.717, 1.165) is 0 Å². The third-order valence-corrected chi connectivity index (χ3v) is 2.37. The van der Waals surface area contributed by atoms with Crippen molar-refractivity contribution in [3.05, 3.63) is 59.2 Å². The minimum absolute atomic E-state index is 0.0573. The zero-order chi connectivity index (χ0) is 13.1. The van der Waals surface area contributed by atoms with Crippen molar-refractivity contribution < 1.29 is 8.78 Å². The van der Waals surface area contributed by atoms with E-state index in [0.29, 0.717) is 5.56 Å². The number of aromatic nitrogens is 1. The molecule has 2 aromatic rings. The van der Waals surface area contributed by atoms with Crippen molar-refractivity contribution >= 4 is 5.69 Å². The average Bonchev–Trinajstić information content (AvgIpc) is 2.39. The molecule has 0 aliphatic rings. The lowest BCUT2D eigenvalue weighted by atomic mass is 10.0. The van der Waals surface area contributed by atoms with Gasteiger partial charge in [0, 0.05) is 5.56 Å². The maximum Gasteiger partial charge on any atom is 0.249 e. The van der Waals surface area contributed by atoms with Gasteiger partial charge in [-0.2, -0.15) is 14.0 Å². The van der Waals surface area contributed by atoms with Gasteiger partial charge in [-0.25, -0.2) is 9.83 Å². The molecule has 1 aromatic carbocycles. The standard InChI is InChI=1S/C13H5F2N3/c1-17-11-10(8-5-3-2-4-6-8)9(7-16)12(14)18-13(11)15/h2-6H. The van der Waals surface area contributed by atoms with Gasteiger partial charge in [0.25, 0.3) is 0 Å². The van der Waals surface area contributed by atoms with Gasteiger partial charge in [-0.05, 0) is 5.56 Å². The van der Waals surface area contributed by atoms with Crippen molar-refractivity contribution in [3.8, 4) is 17.2 Å². The Balaban J connectivity index is 2.89. The average molecular weight is 241 g/mol. The van der Waals surface area contributed by atoms with E-state index in [1.165, 1.54) is 0 Å². The maximum absolute atomic E-state index is 13.4. The first-order valence-electron chi connectivity index (χ1n) is 4.91. The highest BCUT2D eigenvalue weighted by atomic mass is 19.1. The van der Waals surface area contributed by atoms with Gasteiger partial charge < -0.3 is 0 Å². The topological polar surface area (TPSA) is 41.0 Å². The summed E-state index contributed by atoms with van der Waals surface area (Å²) in [4.78, 5) is 5.92. The molecule has 86 valence electrons. The highest BCUT2D eigenvalue weighted by Gasteiger charge is 2.21. The van der Waals surface area contributed by atoms with Crippen LogP contribution < -0.4 is 0 Å². The summed E-state index contributed by atoms with van der Waals surface area (Å²) in [6, 6.07) is 9.79. The molecule has 3 nitrogen and oxygen atoms in total. The van der Waals surface area contributed by atoms with E-state index in [9.17, 15) is 8.78 Å². The van der Waals surface area contributed by atoms with E-state index in [2.05, 4.69) is 9.83 Å². The summed E-state index contributed by atoms with van der Waals surface area (Å²) in [7, 11) is 0. The third-order valence-electron chi connectivity index (χ3n) is 2.37. The molecule has 0 N–H and O–H groups in total. The Kier molecular flexibility index (Phi) is 2.99. The molecule has 1 heterocycles.